The first-order chi connectivity index (χ1) is 5.27. The third kappa shape index (κ3) is 2.04. The van der Waals surface area contributed by atoms with Crippen LogP contribution in [0.4, 0.5) is 0 Å². The summed E-state index contributed by atoms with van der Waals surface area (Å²) in [4.78, 5) is 0. The Balaban J connectivity index is 2.61. The van der Waals surface area contributed by atoms with Crippen molar-refractivity contribution in [2.45, 2.75) is 33.0 Å². The molecule has 0 amide bonds. The zero-order valence-corrected chi connectivity index (χ0v) is 7.21. The average Bonchev–Trinajstić information content (AvgIpc) is 2.05. The van der Waals surface area contributed by atoms with Gasteiger partial charge in [0, 0.05) is 5.92 Å². The molecule has 2 nitrogen and oxygen atoms in total. The van der Waals surface area contributed by atoms with Crippen molar-refractivity contribution in [2.24, 2.45) is 5.92 Å². The molecule has 1 rings (SSSR count). The van der Waals surface area contributed by atoms with Gasteiger partial charge in [0.05, 0.1) is 6.61 Å². The van der Waals surface area contributed by atoms with Gasteiger partial charge >= 0.3 is 0 Å². The lowest BCUT2D eigenvalue weighted by molar-refractivity contribution is -0.0910. The minimum absolute atomic E-state index is 0.508. The molecule has 1 aliphatic rings. The highest BCUT2D eigenvalue weighted by molar-refractivity contribution is 5.09. The molecule has 0 aliphatic carbocycles. The molecule has 2 atom stereocenters. The van der Waals surface area contributed by atoms with Crippen LogP contribution in [0.25, 0.3) is 0 Å². The van der Waals surface area contributed by atoms with E-state index >= 15 is 0 Å². The highest BCUT2D eigenvalue weighted by atomic mass is 16.6. The van der Waals surface area contributed by atoms with Crippen molar-refractivity contribution in [3.63, 3.8) is 0 Å². The van der Waals surface area contributed by atoms with Crippen LogP contribution in [0.3, 0.4) is 0 Å². The fourth-order valence-electron chi connectivity index (χ4n) is 1.28. The van der Waals surface area contributed by atoms with Crippen molar-refractivity contribution in [3.05, 3.63) is 11.6 Å². The van der Waals surface area contributed by atoms with Gasteiger partial charge < -0.3 is 9.84 Å². The smallest absolute Gasteiger partial charge is 0.177 e. The fourth-order valence-corrected chi connectivity index (χ4v) is 1.28. The summed E-state index contributed by atoms with van der Waals surface area (Å²) in [6.07, 6.45) is 3.49. The molecule has 1 heterocycles. The van der Waals surface area contributed by atoms with Crippen LogP contribution in [0.1, 0.15) is 26.7 Å². The Morgan fingerprint density at radius 1 is 1.64 bits per heavy atom. The van der Waals surface area contributed by atoms with Gasteiger partial charge in [-0.3, -0.25) is 0 Å². The molecule has 0 bridgehead atoms. The maximum Gasteiger partial charge on any atom is 0.177 e. The zero-order valence-electron chi connectivity index (χ0n) is 7.21. The van der Waals surface area contributed by atoms with Crippen LogP contribution in [0, 0.1) is 5.92 Å². The minimum atomic E-state index is -0.636. The Labute approximate surface area is 67.9 Å². The molecule has 0 aromatic carbocycles. The summed E-state index contributed by atoms with van der Waals surface area (Å²) >= 11 is 0. The van der Waals surface area contributed by atoms with E-state index in [1.54, 1.807) is 0 Å². The Hall–Kier alpha value is -0.340. The minimum Gasteiger partial charge on any atom is -0.364 e. The molecule has 0 spiro atoms. The molecule has 11 heavy (non-hydrogen) atoms. The standard InChI is InChI=1S/C9H16O2/c1-3-7-5-8(4-2)9(10)11-6-7/h5,7,9-10H,3-4,6H2,1-2H3. The van der Waals surface area contributed by atoms with Crippen LogP contribution in [0.15, 0.2) is 11.6 Å². The topological polar surface area (TPSA) is 29.5 Å². The van der Waals surface area contributed by atoms with Crippen LogP contribution in [-0.2, 0) is 4.74 Å². The first kappa shape index (κ1) is 8.75. The molecule has 0 saturated heterocycles. The maximum atomic E-state index is 9.29. The molecule has 0 radical (unpaired) electrons. The van der Waals surface area contributed by atoms with Crippen molar-refractivity contribution < 1.29 is 9.84 Å². The number of hydrogen-bond acceptors (Lipinski definition) is 2. The highest BCUT2D eigenvalue weighted by Crippen LogP contribution is 2.20. The van der Waals surface area contributed by atoms with E-state index in [2.05, 4.69) is 13.0 Å². The molecule has 1 N–H and O–H groups in total. The van der Waals surface area contributed by atoms with E-state index in [0.717, 1.165) is 18.4 Å². The van der Waals surface area contributed by atoms with E-state index in [0.29, 0.717) is 12.5 Å². The van der Waals surface area contributed by atoms with Gasteiger partial charge in [0.25, 0.3) is 0 Å². The van der Waals surface area contributed by atoms with Gasteiger partial charge in [-0.05, 0) is 18.4 Å². The Morgan fingerprint density at radius 2 is 2.36 bits per heavy atom. The number of rotatable bonds is 2. The Bertz CT molecular complexity index is 152. The second-order valence-electron chi connectivity index (χ2n) is 2.95. The normalized spacial score (nSPS) is 31.7. The van der Waals surface area contributed by atoms with E-state index in [-0.39, 0.29) is 0 Å². The molecule has 64 valence electrons. The summed E-state index contributed by atoms with van der Waals surface area (Å²) < 4.78 is 5.17. The molecular weight excluding hydrogens is 140 g/mol. The van der Waals surface area contributed by atoms with E-state index in [9.17, 15) is 5.11 Å². The Morgan fingerprint density at radius 3 is 2.91 bits per heavy atom. The lowest BCUT2D eigenvalue weighted by atomic mass is 10.00. The molecule has 1 aliphatic heterocycles. The predicted octanol–water partition coefficient (Wildman–Crippen LogP) is 1.70. The van der Waals surface area contributed by atoms with Crippen LogP contribution < -0.4 is 0 Å². The van der Waals surface area contributed by atoms with E-state index in [1.165, 1.54) is 0 Å². The maximum absolute atomic E-state index is 9.29. The molecule has 0 fully saturated rings. The number of ether oxygens (including phenoxy) is 1. The Kier molecular flexibility index (Phi) is 3.09. The van der Waals surface area contributed by atoms with E-state index in [4.69, 9.17) is 4.74 Å². The first-order valence-electron chi connectivity index (χ1n) is 4.28. The number of hydrogen-bond donors (Lipinski definition) is 1. The molecule has 0 aromatic heterocycles. The highest BCUT2D eigenvalue weighted by Gasteiger charge is 2.18. The quantitative estimate of drug-likeness (QED) is 0.616. The predicted molar refractivity (Wildman–Crippen MR) is 44.1 cm³/mol. The van der Waals surface area contributed by atoms with Crippen molar-refractivity contribution in [2.75, 3.05) is 6.61 Å². The van der Waals surface area contributed by atoms with Gasteiger partial charge in [-0.1, -0.05) is 19.9 Å². The van der Waals surface area contributed by atoms with Gasteiger partial charge in [0.15, 0.2) is 6.29 Å². The SMILES string of the molecule is CCC1=CC(CC)COC1O. The molecule has 2 heteroatoms. The van der Waals surface area contributed by atoms with Crippen LogP contribution >= 0.6 is 0 Å². The summed E-state index contributed by atoms with van der Waals surface area (Å²) in [5, 5.41) is 9.29. The van der Waals surface area contributed by atoms with Crippen molar-refractivity contribution in [1.82, 2.24) is 0 Å². The molecule has 0 saturated carbocycles. The largest absolute Gasteiger partial charge is 0.364 e. The monoisotopic (exact) mass is 156 g/mol. The number of aliphatic hydroxyl groups is 1. The van der Waals surface area contributed by atoms with Crippen molar-refractivity contribution >= 4 is 0 Å². The molecule has 0 aromatic rings. The average molecular weight is 156 g/mol. The fraction of sp³-hybridized carbons (Fsp3) is 0.778. The van der Waals surface area contributed by atoms with Gasteiger partial charge in [-0.15, -0.1) is 0 Å². The molecular formula is C9H16O2. The zero-order chi connectivity index (χ0) is 8.27. The second-order valence-corrected chi connectivity index (χ2v) is 2.95. The van der Waals surface area contributed by atoms with Gasteiger partial charge in [0.1, 0.15) is 0 Å². The van der Waals surface area contributed by atoms with Crippen LogP contribution in [0.2, 0.25) is 0 Å². The van der Waals surface area contributed by atoms with Gasteiger partial charge in [0.2, 0.25) is 0 Å². The van der Waals surface area contributed by atoms with E-state index in [1.807, 2.05) is 6.92 Å². The summed E-state index contributed by atoms with van der Waals surface area (Å²) in [6, 6.07) is 0. The summed E-state index contributed by atoms with van der Waals surface area (Å²) in [5.41, 5.74) is 1.03. The number of aliphatic hydroxyl groups excluding tert-OH is 1. The lowest BCUT2D eigenvalue weighted by Crippen LogP contribution is -2.24. The van der Waals surface area contributed by atoms with Crippen LogP contribution in [-0.4, -0.2) is 18.0 Å². The molecule has 2 unspecified atom stereocenters. The summed E-state index contributed by atoms with van der Waals surface area (Å²) in [6.45, 7) is 4.84. The van der Waals surface area contributed by atoms with E-state index < -0.39 is 6.29 Å². The van der Waals surface area contributed by atoms with Gasteiger partial charge in [-0.2, -0.15) is 0 Å². The lowest BCUT2D eigenvalue weighted by Gasteiger charge is -2.24. The second kappa shape index (κ2) is 3.88. The van der Waals surface area contributed by atoms with Crippen molar-refractivity contribution in [3.8, 4) is 0 Å². The summed E-state index contributed by atoms with van der Waals surface area (Å²) in [5.74, 6) is 0.508. The van der Waals surface area contributed by atoms with Gasteiger partial charge in [-0.25, -0.2) is 0 Å². The third-order valence-corrected chi connectivity index (χ3v) is 2.17. The third-order valence-electron chi connectivity index (χ3n) is 2.17. The van der Waals surface area contributed by atoms with Crippen molar-refractivity contribution in [1.29, 1.82) is 0 Å². The summed E-state index contributed by atoms with van der Waals surface area (Å²) in [7, 11) is 0. The van der Waals surface area contributed by atoms with Crippen LogP contribution in [0.5, 0.6) is 0 Å². The first-order valence-corrected chi connectivity index (χ1v) is 4.28.